The zero-order chi connectivity index (χ0) is 24.5. The summed E-state index contributed by atoms with van der Waals surface area (Å²) in [6.45, 7) is 6.50. The van der Waals surface area contributed by atoms with Crippen molar-refractivity contribution in [2.75, 3.05) is 37.8 Å². The molecule has 0 radical (unpaired) electrons. The third kappa shape index (κ3) is 4.47. The highest BCUT2D eigenvalue weighted by Crippen LogP contribution is 2.34. The molecule has 4 heterocycles. The molecule has 2 aliphatic heterocycles. The van der Waals surface area contributed by atoms with Gasteiger partial charge in [-0.3, -0.25) is 9.36 Å². The van der Waals surface area contributed by atoms with Crippen molar-refractivity contribution in [1.82, 2.24) is 4.57 Å². The summed E-state index contributed by atoms with van der Waals surface area (Å²) in [4.78, 5) is 33.8. The summed E-state index contributed by atoms with van der Waals surface area (Å²) in [5.74, 6) is 0.781. The molecular formula is C25H24ClN3O5S. The molecule has 10 heteroatoms. The number of fused-ring (bicyclic) bond motifs is 1. The van der Waals surface area contributed by atoms with E-state index in [1.165, 1.54) is 15.9 Å². The van der Waals surface area contributed by atoms with E-state index in [0.29, 0.717) is 50.2 Å². The van der Waals surface area contributed by atoms with E-state index in [2.05, 4.69) is 9.89 Å². The summed E-state index contributed by atoms with van der Waals surface area (Å²) < 4.78 is 18.7. The molecule has 182 valence electrons. The highest BCUT2D eigenvalue weighted by molar-refractivity contribution is 7.07. The summed E-state index contributed by atoms with van der Waals surface area (Å²) in [6, 6.07) is 10.2. The summed E-state index contributed by atoms with van der Waals surface area (Å²) in [5.41, 5.74) is 1.14. The Bertz CT molecular complexity index is 1480. The van der Waals surface area contributed by atoms with Gasteiger partial charge in [0.05, 0.1) is 35.6 Å². The van der Waals surface area contributed by atoms with Crippen molar-refractivity contribution >= 4 is 40.9 Å². The number of ether oxygens (including phenoxy) is 2. The number of allylic oxidation sites excluding steroid dienone is 1. The molecule has 1 atom stereocenters. The molecule has 2 aliphatic rings. The summed E-state index contributed by atoms with van der Waals surface area (Å²) in [5, 5.41) is 0.449. The number of furan rings is 1. The third-order valence-electron chi connectivity index (χ3n) is 5.93. The monoisotopic (exact) mass is 513 g/mol. The highest BCUT2D eigenvalue weighted by Gasteiger charge is 2.34. The molecule has 1 fully saturated rings. The number of carbonyl (C=O) groups is 1. The van der Waals surface area contributed by atoms with Crippen molar-refractivity contribution in [2.24, 2.45) is 4.99 Å². The maximum atomic E-state index is 13.6. The van der Waals surface area contributed by atoms with E-state index in [1.807, 2.05) is 24.3 Å². The Balaban J connectivity index is 1.62. The Labute approximate surface area is 210 Å². The van der Waals surface area contributed by atoms with Gasteiger partial charge >= 0.3 is 5.97 Å². The number of thiazole rings is 1. The Morgan fingerprint density at radius 3 is 2.77 bits per heavy atom. The normalized spacial score (nSPS) is 18.4. The number of anilines is 1. The van der Waals surface area contributed by atoms with E-state index >= 15 is 0 Å². The predicted octanol–water partition coefficient (Wildman–Crippen LogP) is 2.88. The van der Waals surface area contributed by atoms with Crippen LogP contribution in [0.1, 0.15) is 31.2 Å². The minimum absolute atomic E-state index is 0.208. The Hall–Kier alpha value is -3.14. The van der Waals surface area contributed by atoms with Crippen molar-refractivity contribution in [2.45, 2.75) is 19.9 Å². The lowest BCUT2D eigenvalue weighted by atomic mass is 9.96. The molecule has 1 aromatic carbocycles. The fraction of sp³-hybridized carbons (Fsp3) is 0.320. The molecule has 0 amide bonds. The van der Waals surface area contributed by atoms with Crippen molar-refractivity contribution < 1.29 is 18.7 Å². The minimum Gasteiger partial charge on any atom is -0.463 e. The van der Waals surface area contributed by atoms with Gasteiger partial charge in [-0.15, -0.1) is 0 Å². The SMILES string of the molecule is CCOC(=O)C1=C(C)N=c2s/c(=C\c3ccc(N4CCOCC4)o3)c(=O)n2[C@H]1c1ccccc1Cl. The number of hydrogen-bond donors (Lipinski definition) is 0. The lowest BCUT2D eigenvalue weighted by Crippen LogP contribution is -2.40. The molecule has 0 bridgehead atoms. The van der Waals surface area contributed by atoms with Gasteiger partial charge in [0, 0.05) is 30.3 Å². The van der Waals surface area contributed by atoms with Crippen LogP contribution >= 0.6 is 22.9 Å². The second-order valence-corrected chi connectivity index (χ2v) is 9.52. The van der Waals surface area contributed by atoms with Crippen molar-refractivity contribution in [1.29, 1.82) is 0 Å². The van der Waals surface area contributed by atoms with E-state index in [1.54, 1.807) is 32.1 Å². The number of aromatic nitrogens is 1. The predicted molar refractivity (Wildman–Crippen MR) is 134 cm³/mol. The standard InChI is InChI=1S/C25H24ClN3O5S/c1-3-33-24(31)21-15(2)27-25-29(22(21)17-6-4-5-7-18(17)26)23(30)19(35-25)14-16-8-9-20(34-16)28-10-12-32-13-11-28/h4-9,14,22H,3,10-13H2,1-2H3/b19-14-/t22-/m0/s1. The molecule has 1 saturated heterocycles. The summed E-state index contributed by atoms with van der Waals surface area (Å²) in [7, 11) is 0. The molecule has 8 nitrogen and oxygen atoms in total. The van der Waals surface area contributed by atoms with Gasteiger partial charge < -0.3 is 18.8 Å². The highest BCUT2D eigenvalue weighted by atomic mass is 35.5. The second-order valence-electron chi connectivity index (χ2n) is 8.10. The first-order valence-electron chi connectivity index (χ1n) is 11.3. The molecule has 0 spiro atoms. The van der Waals surface area contributed by atoms with Crippen LogP contribution in [0.4, 0.5) is 5.88 Å². The average Bonchev–Trinajstić information content (AvgIpc) is 3.44. The average molecular weight is 514 g/mol. The first kappa shape index (κ1) is 23.6. The largest absolute Gasteiger partial charge is 0.463 e. The molecule has 0 N–H and O–H groups in total. The topological polar surface area (TPSA) is 86.3 Å². The van der Waals surface area contributed by atoms with Crippen LogP contribution in [0.2, 0.25) is 5.02 Å². The Kier molecular flexibility index (Phi) is 6.64. The fourth-order valence-electron chi connectivity index (χ4n) is 4.29. The third-order valence-corrected chi connectivity index (χ3v) is 7.25. The minimum atomic E-state index is -0.748. The molecule has 35 heavy (non-hydrogen) atoms. The molecular weight excluding hydrogens is 490 g/mol. The number of esters is 1. The Morgan fingerprint density at radius 2 is 2.03 bits per heavy atom. The lowest BCUT2D eigenvalue weighted by molar-refractivity contribution is -0.139. The van der Waals surface area contributed by atoms with Gasteiger partial charge in [-0.1, -0.05) is 41.1 Å². The molecule has 5 rings (SSSR count). The van der Waals surface area contributed by atoms with Crippen LogP contribution in [-0.2, 0) is 14.3 Å². The quantitative estimate of drug-likeness (QED) is 0.488. The second kappa shape index (κ2) is 9.85. The maximum absolute atomic E-state index is 13.6. The Morgan fingerprint density at radius 1 is 1.26 bits per heavy atom. The van der Waals surface area contributed by atoms with Crippen molar-refractivity contribution in [3.05, 3.63) is 83.7 Å². The van der Waals surface area contributed by atoms with Crippen LogP contribution in [0.5, 0.6) is 0 Å². The van der Waals surface area contributed by atoms with Crippen LogP contribution in [0, 0.1) is 0 Å². The number of benzene rings is 1. The lowest BCUT2D eigenvalue weighted by Gasteiger charge is -2.26. The van der Waals surface area contributed by atoms with Crippen LogP contribution in [0.15, 0.2) is 61.9 Å². The number of carbonyl (C=O) groups excluding carboxylic acids is 1. The van der Waals surface area contributed by atoms with Gasteiger partial charge in [0.2, 0.25) is 0 Å². The van der Waals surface area contributed by atoms with Gasteiger partial charge in [0.25, 0.3) is 5.56 Å². The fourth-order valence-corrected chi connectivity index (χ4v) is 5.55. The van der Waals surface area contributed by atoms with Crippen molar-refractivity contribution in [3.63, 3.8) is 0 Å². The van der Waals surface area contributed by atoms with Gasteiger partial charge in [-0.05, 0) is 31.5 Å². The van der Waals surface area contributed by atoms with Crippen LogP contribution in [0.3, 0.4) is 0 Å². The zero-order valence-corrected chi connectivity index (χ0v) is 20.9. The zero-order valence-electron chi connectivity index (χ0n) is 19.3. The molecule has 2 aromatic heterocycles. The number of hydrogen-bond acceptors (Lipinski definition) is 8. The number of halogens is 1. The van der Waals surface area contributed by atoms with Gasteiger partial charge in [-0.25, -0.2) is 9.79 Å². The number of nitrogens with zero attached hydrogens (tertiary/aromatic N) is 3. The summed E-state index contributed by atoms with van der Waals surface area (Å²) in [6.07, 6.45) is 1.71. The first-order chi connectivity index (χ1) is 17.0. The van der Waals surface area contributed by atoms with Crippen LogP contribution in [0.25, 0.3) is 6.08 Å². The van der Waals surface area contributed by atoms with E-state index in [-0.39, 0.29) is 12.2 Å². The van der Waals surface area contributed by atoms with Crippen LogP contribution < -0.4 is 19.8 Å². The van der Waals surface area contributed by atoms with E-state index < -0.39 is 12.0 Å². The first-order valence-corrected chi connectivity index (χ1v) is 12.5. The number of morpholine rings is 1. The van der Waals surface area contributed by atoms with Gasteiger partial charge in [0.15, 0.2) is 10.7 Å². The smallest absolute Gasteiger partial charge is 0.338 e. The molecule has 0 saturated carbocycles. The van der Waals surface area contributed by atoms with E-state index in [4.69, 9.17) is 25.5 Å². The van der Waals surface area contributed by atoms with Gasteiger partial charge in [-0.2, -0.15) is 0 Å². The summed E-state index contributed by atoms with van der Waals surface area (Å²) >= 11 is 7.77. The van der Waals surface area contributed by atoms with Crippen molar-refractivity contribution in [3.8, 4) is 0 Å². The van der Waals surface area contributed by atoms with Crippen LogP contribution in [-0.4, -0.2) is 43.4 Å². The molecule has 0 unspecified atom stereocenters. The van der Waals surface area contributed by atoms with E-state index in [0.717, 1.165) is 19.0 Å². The van der Waals surface area contributed by atoms with Gasteiger partial charge in [0.1, 0.15) is 11.8 Å². The molecule has 3 aromatic rings. The van der Waals surface area contributed by atoms with E-state index in [9.17, 15) is 9.59 Å². The maximum Gasteiger partial charge on any atom is 0.338 e. The number of rotatable bonds is 5. The molecule has 0 aliphatic carbocycles.